The summed E-state index contributed by atoms with van der Waals surface area (Å²) >= 11 is 6.50. The molecule has 1 fully saturated rings. The normalized spacial score (nSPS) is 20.4. The van der Waals surface area contributed by atoms with Crippen molar-refractivity contribution in [2.24, 2.45) is 0 Å². The van der Waals surface area contributed by atoms with Crippen molar-refractivity contribution in [3.63, 3.8) is 0 Å². The molecule has 1 amide bonds. The molecule has 10 heteroatoms. The molecule has 0 radical (unpaired) electrons. The van der Waals surface area contributed by atoms with Gasteiger partial charge in [0.15, 0.2) is 11.7 Å². The molecule has 3 heterocycles. The van der Waals surface area contributed by atoms with Crippen molar-refractivity contribution >= 4 is 29.0 Å². The molecule has 1 N–H and O–H groups in total. The van der Waals surface area contributed by atoms with Crippen LogP contribution in [0.5, 0.6) is 0 Å². The molecule has 0 bridgehead atoms. The van der Waals surface area contributed by atoms with E-state index in [4.69, 9.17) is 11.6 Å². The van der Waals surface area contributed by atoms with Gasteiger partial charge in [0.05, 0.1) is 6.04 Å². The molecule has 1 saturated heterocycles. The predicted octanol–water partition coefficient (Wildman–Crippen LogP) is 5.47. The van der Waals surface area contributed by atoms with Crippen LogP contribution >= 0.6 is 11.6 Å². The number of halogens is 4. The highest BCUT2D eigenvalue weighted by molar-refractivity contribution is 6.36. The van der Waals surface area contributed by atoms with Gasteiger partial charge in [-0.1, -0.05) is 59.6 Å². The zero-order valence-corrected chi connectivity index (χ0v) is 19.9. The number of nitrogens with zero attached hydrogens (tertiary/aromatic N) is 4. The highest BCUT2D eigenvalue weighted by Crippen LogP contribution is 2.46. The second-order valence-electron chi connectivity index (χ2n) is 8.97. The summed E-state index contributed by atoms with van der Waals surface area (Å²) < 4.78 is 43.0. The molecule has 2 unspecified atom stereocenters. The van der Waals surface area contributed by atoms with Gasteiger partial charge in [-0.15, -0.1) is 0 Å². The van der Waals surface area contributed by atoms with Crippen LogP contribution in [-0.4, -0.2) is 52.9 Å². The summed E-state index contributed by atoms with van der Waals surface area (Å²) in [7, 11) is 0. The third-order valence-electron chi connectivity index (χ3n) is 6.67. The fraction of sp³-hybridized carbons (Fsp3) is 0.360. The topological polar surface area (TPSA) is 53.4 Å². The number of anilines is 2. The van der Waals surface area contributed by atoms with Crippen molar-refractivity contribution < 1.29 is 18.0 Å². The van der Waals surface area contributed by atoms with E-state index in [1.54, 1.807) is 17.0 Å². The Morgan fingerprint density at radius 1 is 1.03 bits per heavy atom. The number of hydrogen-bond donors (Lipinski definition) is 1. The number of rotatable bonds is 3. The molecule has 184 valence electrons. The number of piperazine rings is 1. The van der Waals surface area contributed by atoms with E-state index >= 15 is 0 Å². The van der Waals surface area contributed by atoms with Gasteiger partial charge >= 0.3 is 6.18 Å². The number of fused-ring (bicyclic) bond motifs is 1. The standard InChI is InChI=1S/C25H25ClF3N5O/c1-16-7-9-17(10-8-16)19-15-20(25(27,28)29)34-23(30-19)21(26)22(31-34)24(35)33-13-11-32(12-14-33)18-5-3-2-4-6-18/h2-10,19-20,30H,11-15H2,1H3. The number of alkyl halides is 3. The second-order valence-corrected chi connectivity index (χ2v) is 9.35. The molecule has 6 nitrogen and oxygen atoms in total. The van der Waals surface area contributed by atoms with Crippen LogP contribution in [0.25, 0.3) is 0 Å². The van der Waals surface area contributed by atoms with Gasteiger partial charge < -0.3 is 15.1 Å². The van der Waals surface area contributed by atoms with E-state index in [1.165, 1.54) is 0 Å². The van der Waals surface area contributed by atoms with Gasteiger partial charge in [0, 0.05) is 38.3 Å². The Morgan fingerprint density at radius 2 is 1.69 bits per heavy atom. The first-order valence-electron chi connectivity index (χ1n) is 11.5. The molecule has 35 heavy (non-hydrogen) atoms. The van der Waals surface area contributed by atoms with Crippen LogP contribution in [0.1, 0.15) is 40.1 Å². The first-order valence-corrected chi connectivity index (χ1v) is 11.9. The maximum Gasteiger partial charge on any atom is 0.410 e. The quantitative estimate of drug-likeness (QED) is 0.515. The highest BCUT2D eigenvalue weighted by Gasteiger charge is 2.48. The van der Waals surface area contributed by atoms with E-state index in [0.29, 0.717) is 26.2 Å². The summed E-state index contributed by atoms with van der Waals surface area (Å²) in [5.41, 5.74) is 2.65. The Kier molecular flexibility index (Phi) is 6.13. The van der Waals surface area contributed by atoms with Crippen molar-refractivity contribution in [3.8, 4) is 0 Å². The first-order chi connectivity index (χ1) is 16.7. The smallest absolute Gasteiger partial charge is 0.368 e. The fourth-order valence-electron chi connectivity index (χ4n) is 4.70. The molecule has 0 spiro atoms. The van der Waals surface area contributed by atoms with Gasteiger partial charge in [0.1, 0.15) is 10.8 Å². The predicted molar refractivity (Wildman–Crippen MR) is 129 cm³/mol. The van der Waals surface area contributed by atoms with E-state index in [2.05, 4.69) is 15.3 Å². The molecule has 0 saturated carbocycles. The van der Waals surface area contributed by atoms with Gasteiger partial charge in [-0.25, -0.2) is 4.68 Å². The lowest BCUT2D eigenvalue weighted by Gasteiger charge is -2.35. The second kappa shape index (κ2) is 9.11. The summed E-state index contributed by atoms with van der Waals surface area (Å²) in [4.78, 5) is 17.0. The Bertz CT molecular complexity index is 1200. The third kappa shape index (κ3) is 4.57. The van der Waals surface area contributed by atoms with Crippen LogP contribution in [0.15, 0.2) is 54.6 Å². The summed E-state index contributed by atoms with van der Waals surface area (Å²) in [6.45, 7) is 3.99. The average molecular weight is 504 g/mol. The maximum atomic E-state index is 14.0. The van der Waals surface area contributed by atoms with Crippen LogP contribution in [-0.2, 0) is 0 Å². The van der Waals surface area contributed by atoms with Gasteiger partial charge in [-0.2, -0.15) is 18.3 Å². The highest BCUT2D eigenvalue weighted by atomic mass is 35.5. The number of benzene rings is 2. The van der Waals surface area contributed by atoms with Crippen LogP contribution in [0.2, 0.25) is 5.02 Å². The molecule has 2 atom stereocenters. The number of aryl methyl sites for hydroxylation is 1. The lowest BCUT2D eigenvalue weighted by molar-refractivity contribution is -0.173. The van der Waals surface area contributed by atoms with E-state index < -0.39 is 24.2 Å². The summed E-state index contributed by atoms with van der Waals surface area (Å²) in [6, 6.07) is 14.7. The molecule has 0 aliphatic carbocycles. The third-order valence-corrected chi connectivity index (χ3v) is 7.02. The Balaban J connectivity index is 1.39. The Labute approximate surface area is 206 Å². The molecule has 3 aromatic rings. The van der Waals surface area contributed by atoms with E-state index in [9.17, 15) is 18.0 Å². The van der Waals surface area contributed by atoms with Crippen molar-refractivity contribution in [3.05, 3.63) is 76.4 Å². The molecule has 2 aliphatic rings. The molecular weight excluding hydrogens is 479 g/mol. The van der Waals surface area contributed by atoms with Crippen LogP contribution in [0.3, 0.4) is 0 Å². The zero-order chi connectivity index (χ0) is 24.7. The van der Waals surface area contributed by atoms with Gasteiger partial charge in [0.25, 0.3) is 5.91 Å². The first kappa shape index (κ1) is 23.5. The number of hydrogen-bond acceptors (Lipinski definition) is 4. The van der Waals surface area contributed by atoms with Crippen molar-refractivity contribution in [2.45, 2.75) is 31.6 Å². The monoisotopic (exact) mass is 503 g/mol. The number of carbonyl (C=O) groups is 1. The number of aromatic nitrogens is 2. The van der Waals surface area contributed by atoms with Crippen LogP contribution in [0, 0.1) is 6.92 Å². The lowest BCUT2D eigenvalue weighted by Crippen LogP contribution is -2.49. The van der Waals surface area contributed by atoms with Gasteiger partial charge in [-0.05, 0) is 24.6 Å². The number of nitrogens with one attached hydrogen (secondary N) is 1. The van der Waals surface area contributed by atoms with E-state index in [0.717, 1.165) is 21.5 Å². The number of para-hydroxylation sites is 1. The largest absolute Gasteiger partial charge is 0.410 e. The van der Waals surface area contributed by atoms with Crippen molar-refractivity contribution in [1.82, 2.24) is 14.7 Å². The Hall–Kier alpha value is -3.20. The molecule has 2 aromatic carbocycles. The maximum absolute atomic E-state index is 14.0. The molecular formula is C25H25ClF3N5O. The SMILES string of the molecule is Cc1ccc(C2CC(C(F)(F)F)n3nc(C(=O)N4CCN(c5ccccc5)CC4)c(Cl)c3N2)cc1. The van der Waals surface area contributed by atoms with Gasteiger partial charge in [-0.3, -0.25) is 4.79 Å². The fourth-order valence-corrected chi connectivity index (χ4v) is 4.96. The number of carbonyl (C=O) groups excluding carboxylic acids is 1. The van der Waals surface area contributed by atoms with E-state index in [-0.39, 0.29) is 23.0 Å². The van der Waals surface area contributed by atoms with E-state index in [1.807, 2.05) is 49.4 Å². The van der Waals surface area contributed by atoms with Crippen LogP contribution in [0.4, 0.5) is 24.7 Å². The molecule has 2 aliphatic heterocycles. The lowest BCUT2D eigenvalue weighted by atomic mass is 9.96. The van der Waals surface area contributed by atoms with Crippen molar-refractivity contribution in [1.29, 1.82) is 0 Å². The molecule has 5 rings (SSSR count). The zero-order valence-electron chi connectivity index (χ0n) is 19.1. The average Bonchev–Trinajstić information content (AvgIpc) is 3.19. The number of amides is 1. The molecule has 1 aromatic heterocycles. The van der Waals surface area contributed by atoms with Crippen LogP contribution < -0.4 is 10.2 Å². The summed E-state index contributed by atoms with van der Waals surface area (Å²) in [5, 5.41) is 7.11. The minimum Gasteiger partial charge on any atom is -0.368 e. The summed E-state index contributed by atoms with van der Waals surface area (Å²) in [5.74, 6) is -0.434. The summed E-state index contributed by atoms with van der Waals surface area (Å²) in [6.07, 6.45) is -4.79. The minimum atomic E-state index is -4.54. The minimum absolute atomic E-state index is 0.0251. The van der Waals surface area contributed by atoms with Crippen molar-refractivity contribution in [2.75, 3.05) is 36.4 Å². The Morgan fingerprint density at radius 3 is 2.31 bits per heavy atom. The van der Waals surface area contributed by atoms with Gasteiger partial charge in [0.2, 0.25) is 0 Å².